The van der Waals surface area contributed by atoms with Crippen LogP contribution in [0.1, 0.15) is 42.9 Å². The molecule has 0 saturated heterocycles. The molecule has 132 valence electrons. The molecule has 1 aromatic heterocycles. The first-order valence-electron chi connectivity index (χ1n) is 8.71. The minimum Gasteiger partial charge on any atom is -0.393 e. The highest BCUT2D eigenvalue weighted by atomic mass is 35.5. The van der Waals surface area contributed by atoms with Gasteiger partial charge in [0.1, 0.15) is 0 Å². The molecule has 0 aliphatic heterocycles. The lowest BCUT2D eigenvalue weighted by Gasteiger charge is -2.38. The summed E-state index contributed by atoms with van der Waals surface area (Å²) in [6.45, 7) is 0. The first-order chi connectivity index (χ1) is 12.0. The number of aliphatic hydroxyl groups excluding tert-OH is 1. The summed E-state index contributed by atoms with van der Waals surface area (Å²) in [4.78, 5) is 13.1. The molecule has 2 aliphatic rings. The summed E-state index contributed by atoms with van der Waals surface area (Å²) in [6.07, 6.45) is 6.63. The zero-order valence-electron chi connectivity index (χ0n) is 14.2. The van der Waals surface area contributed by atoms with Crippen molar-refractivity contribution in [3.05, 3.63) is 52.8 Å². The Morgan fingerprint density at radius 3 is 2.56 bits per heavy atom. The van der Waals surface area contributed by atoms with Crippen molar-refractivity contribution in [3.8, 4) is 0 Å². The molecule has 1 heterocycles. The quantitative estimate of drug-likeness (QED) is 0.862. The van der Waals surface area contributed by atoms with E-state index in [1.54, 1.807) is 10.9 Å². The van der Waals surface area contributed by atoms with Gasteiger partial charge in [-0.25, -0.2) is 0 Å². The van der Waals surface area contributed by atoms with Gasteiger partial charge in [-0.3, -0.25) is 9.48 Å². The molecular weight excluding hydrogens is 338 g/mol. The van der Waals surface area contributed by atoms with Gasteiger partial charge in [0.25, 0.3) is 0 Å². The van der Waals surface area contributed by atoms with Crippen LogP contribution < -0.4 is 5.32 Å². The largest absolute Gasteiger partial charge is 0.393 e. The number of amides is 1. The summed E-state index contributed by atoms with van der Waals surface area (Å²) >= 11 is 5.98. The number of hydrogen-bond donors (Lipinski definition) is 2. The molecule has 0 bridgehead atoms. The van der Waals surface area contributed by atoms with Gasteiger partial charge in [0.05, 0.1) is 23.8 Å². The lowest BCUT2D eigenvalue weighted by atomic mass is 9.75. The molecule has 1 atom stereocenters. The summed E-state index contributed by atoms with van der Waals surface area (Å²) in [5, 5.41) is 17.8. The second kappa shape index (κ2) is 6.15. The fraction of sp³-hybridized carbons (Fsp3) is 0.474. The van der Waals surface area contributed by atoms with Crippen LogP contribution in [-0.2, 0) is 17.3 Å². The summed E-state index contributed by atoms with van der Waals surface area (Å²) < 4.78 is 1.75. The average molecular weight is 360 g/mol. The van der Waals surface area contributed by atoms with E-state index in [0.717, 1.165) is 24.0 Å². The predicted octanol–water partition coefficient (Wildman–Crippen LogP) is 2.73. The minimum absolute atomic E-state index is 0.0602. The number of carbonyl (C=O) groups is 1. The first-order valence-corrected chi connectivity index (χ1v) is 9.09. The lowest BCUT2D eigenvalue weighted by Crippen LogP contribution is -2.44. The molecule has 1 unspecified atom stereocenters. The Bertz CT molecular complexity index is 776. The third kappa shape index (κ3) is 3.07. The number of aromatic nitrogens is 2. The smallest absolute Gasteiger partial charge is 0.231 e. The van der Waals surface area contributed by atoms with E-state index >= 15 is 0 Å². The molecule has 2 N–H and O–H groups in total. The normalized spacial score (nSPS) is 25.1. The van der Waals surface area contributed by atoms with Crippen LogP contribution in [0.3, 0.4) is 0 Å². The number of nitrogens with zero attached hydrogens (tertiary/aromatic N) is 2. The minimum atomic E-state index is -0.437. The van der Waals surface area contributed by atoms with Gasteiger partial charge in [-0.2, -0.15) is 5.10 Å². The van der Waals surface area contributed by atoms with Crippen LogP contribution in [0.4, 0.5) is 0 Å². The lowest BCUT2D eigenvalue weighted by molar-refractivity contribution is -0.125. The van der Waals surface area contributed by atoms with Gasteiger partial charge in [-0.05, 0) is 49.3 Å². The second-order valence-electron chi connectivity index (χ2n) is 7.37. The summed E-state index contributed by atoms with van der Waals surface area (Å²) in [6, 6.07) is 7.47. The number of benzene rings is 1. The van der Waals surface area contributed by atoms with E-state index < -0.39 is 5.41 Å². The number of rotatable bonds is 5. The van der Waals surface area contributed by atoms with Crippen molar-refractivity contribution >= 4 is 17.5 Å². The van der Waals surface area contributed by atoms with Crippen LogP contribution in [0.2, 0.25) is 5.02 Å². The molecule has 2 fully saturated rings. The van der Waals surface area contributed by atoms with Crippen molar-refractivity contribution in [3.63, 3.8) is 0 Å². The Kier molecular flexibility index (Phi) is 4.08. The average Bonchev–Trinajstić information content (AvgIpc) is 3.26. The van der Waals surface area contributed by atoms with Gasteiger partial charge in [-0.15, -0.1) is 0 Å². The zero-order chi connectivity index (χ0) is 17.6. The summed E-state index contributed by atoms with van der Waals surface area (Å²) in [5.74, 6) is 0.314. The van der Waals surface area contributed by atoms with Crippen LogP contribution in [0.5, 0.6) is 0 Å². The standard InChI is InChI=1S/C19H22ClN3O2/c1-23-11-13(10-21-23)17(12-8-16(24)9-12)22-18(25)19(6-7-19)14-2-4-15(20)5-3-14/h2-5,10-12,16-17,24H,6-9H2,1H3,(H,22,25). The van der Waals surface area contributed by atoms with Crippen LogP contribution >= 0.6 is 11.6 Å². The second-order valence-corrected chi connectivity index (χ2v) is 7.81. The molecule has 0 spiro atoms. The number of aliphatic hydroxyl groups is 1. The van der Waals surface area contributed by atoms with Crippen molar-refractivity contribution in [2.24, 2.45) is 13.0 Å². The van der Waals surface area contributed by atoms with Crippen LogP contribution in [0, 0.1) is 5.92 Å². The summed E-state index contributed by atoms with van der Waals surface area (Å²) in [7, 11) is 1.87. The fourth-order valence-electron chi connectivity index (χ4n) is 3.80. The van der Waals surface area contributed by atoms with Crippen molar-refractivity contribution in [2.45, 2.75) is 43.2 Å². The molecule has 1 amide bonds. The highest BCUT2D eigenvalue weighted by Crippen LogP contribution is 2.49. The van der Waals surface area contributed by atoms with E-state index in [2.05, 4.69) is 10.4 Å². The van der Waals surface area contributed by atoms with E-state index in [1.807, 2.05) is 37.5 Å². The van der Waals surface area contributed by atoms with E-state index in [9.17, 15) is 9.90 Å². The Hall–Kier alpha value is -1.85. The molecule has 4 rings (SSSR count). The Morgan fingerprint density at radius 1 is 1.36 bits per heavy atom. The maximum absolute atomic E-state index is 13.1. The predicted molar refractivity (Wildman–Crippen MR) is 95.2 cm³/mol. The highest BCUT2D eigenvalue weighted by molar-refractivity contribution is 6.30. The number of nitrogens with one attached hydrogen (secondary N) is 1. The van der Waals surface area contributed by atoms with Crippen LogP contribution in [-0.4, -0.2) is 26.9 Å². The topological polar surface area (TPSA) is 67.2 Å². The van der Waals surface area contributed by atoms with Crippen LogP contribution in [0.25, 0.3) is 0 Å². The maximum Gasteiger partial charge on any atom is 0.231 e. The molecule has 1 aromatic carbocycles. The van der Waals surface area contributed by atoms with Gasteiger partial charge in [-0.1, -0.05) is 23.7 Å². The van der Waals surface area contributed by atoms with Gasteiger partial charge < -0.3 is 10.4 Å². The molecule has 2 saturated carbocycles. The van der Waals surface area contributed by atoms with E-state index in [-0.39, 0.29) is 24.0 Å². The molecular formula is C19H22ClN3O2. The Balaban J connectivity index is 1.55. The third-order valence-electron chi connectivity index (χ3n) is 5.57. The van der Waals surface area contributed by atoms with Gasteiger partial charge in [0.15, 0.2) is 0 Å². The monoisotopic (exact) mass is 359 g/mol. The van der Waals surface area contributed by atoms with Crippen LogP contribution in [0.15, 0.2) is 36.7 Å². The fourth-order valence-corrected chi connectivity index (χ4v) is 3.92. The van der Waals surface area contributed by atoms with Crippen molar-refractivity contribution in [1.82, 2.24) is 15.1 Å². The van der Waals surface area contributed by atoms with Crippen molar-refractivity contribution < 1.29 is 9.90 Å². The number of aryl methyl sites for hydroxylation is 1. The molecule has 6 heteroatoms. The maximum atomic E-state index is 13.1. The highest BCUT2D eigenvalue weighted by Gasteiger charge is 2.52. The van der Waals surface area contributed by atoms with Gasteiger partial charge in [0.2, 0.25) is 5.91 Å². The first kappa shape index (κ1) is 16.6. The van der Waals surface area contributed by atoms with E-state index in [1.165, 1.54) is 0 Å². The van der Waals surface area contributed by atoms with E-state index in [4.69, 9.17) is 11.6 Å². The third-order valence-corrected chi connectivity index (χ3v) is 5.83. The SMILES string of the molecule is Cn1cc(C(NC(=O)C2(c3ccc(Cl)cc3)CC2)C2CC(O)C2)cn1. The number of halogens is 1. The Labute approximate surface area is 152 Å². The van der Waals surface area contributed by atoms with E-state index in [0.29, 0.717) is 17.9 Å². The zero-order valence-corrected chi connectivity index (χ0v) is 14.9. The Morgan fingerprint density at radius 2 is 2.04 bits per heavy atom. The van der Waals surface area contributed by atoms with Crippen molar-refractivity contribution in [1.29, 1.82) is 0 Å². The molecule has 5 nitrogen and oxygen atoms in total. The molecule has 2 aliphatic carbocycles. The summed E-state index contributed by atoms with van der Waals surface area (Å²) in [5.41, 5.74) is 1.58. The van der Waals surface area contributed by atoms with Gasteiger partial charge in [0, 0.05) is 23.8 Å². The number of hydrogen-bond acceptors (Lipinski definition) is 3. The molecule has 25 heavy (non-hydrogen) atoms. The van der Waals surface area contributed by atoms with Gasteiger partial charge >= 0.3 is 0 Å². The van der Waals surface area contributed by atoms with Crippen molar-refractivity contribution in [2.75, 3.05) is 0 Å². The molecule has 2 aromatic rings. The molecule has 0 radical (unpaired) electrons. The number of carbonyl (C=O) groups excluding carboxylic acids is 1.